The first-order valence-electron chi connectivity index (χ1n) is 21.8. The predicted octanol–water partition coefficient (Wildman–Crippen LogP) is 13.7. The third kappa shape index (κ3) is 5.14. The van der Waals surface area contributed by atoms with Crippen molar-refractivity contribution in [1.29, 1.82) is 0 Å². The number of rotatable bonds is 6. The van der Waals surface area contributed by atoms with Crippen LogP contribution in [0.5, 0.6) is 0 Å². The molecule has 250 valence electrons. The molecule has 0 saturated carbocycles. The molecular weight excluding hydrogens is 641 g/mol. The van der Waals surface area contributed by atoms with E-state index in [0.717, 1.165) is 55.6 Å². The number of imidazole rings is 1. The van der Waals surface area contributed by atoms with Crippen LogP contribution in [0.1, 0.15) is 23.7 Å². The van der Waals surface area contributed by atoms with Gasteiger partial charge in [0.1, 0.15) is 5.82 Å². The molecule has 0 unspecified atom stereocenters. The van der Waals surface area contributed by atoms with Gasteiger partial charge in [0.15, 0.2) is 0 Å². The van der Waals surface area contributed by atoms with Crippen molar-refractivity contribution in [2.45, 2.75) is 13.3 Å². The lowest BCUT2D eigenvalue weighted by atomic mass is 9.83. The van der Waals surface area contributed by atoms with Crippen LogP contribution in [-0.2, 0) is 6.42 Å². The van der Waals surface area contributed by atoms with E-state index in [1.807, 2.05) is 133 Å². The molecule has 53 heavy (non-hydrogen) atoms. The van der Waals surface area contributed by atoms with Crippen LogP contribution in [0, 0.1) is 0 Å². The van der Waals surface area contributed by atoms with Crippen molar-refractivity contribution in [2.75, 3.05) is 0 Å². The van der Waals surface area contributed by atoms with Crippen molar-refractivity contribution in [2.24, 2.45) is 0 Å². The van der Waals surface area contributed by atoms with E-state index in [1.54, 1.807) is 0 Å². The summed E-state index contributed by atoms with van der Waals surface area (Å²) in [6, 6.07) is 42.3. The van der Waals surface area contributed by atoms with Crippen LogP contribution in [0.2, 0.25) is 0 Å². The van der Waals surface area contributed by atoms with E-state index in [2.05, 4.69) is 17.6 Å². The minimum absolute atomic E-state index is 0.171. The van der Waals surface area contributed by atoms with Gasteiger partial charge in [-0.3, -0.25) is 4.57 Å². The maximum atomic E-state index is 9.64. The quantitative estimate of drug-likeness (QED) is 0.159. The van der Waals surface area contributed by atoms with Crippen LogP contribution in [0.4, 0.5) is 0 Å². The third-order valence-electron chi connectivity index (χ3n) is 10.2. The van der Waals surface area contributed by atoms with Gasteiger partial charge in [-0.1, -0.05) is 158 Å². The zero-order valence-corrected chi connectivity index (χ0v) is 28.9. The highest BCUT2D eigenvalue weighted by molar-refractivity contribution is 6.24. The summed E-state index contributed by atoms with van der Waals surface area (Å²) in [6.07, 6.45) is 0.672. The summed E-state index contributed by atoms with van der Waals surface area (Å²) in [5, 5.41) is 2.27. The van der Waals surface area contributed by atoms with Gasteiger partial charge >= 0.3 is 0 Å². The Bertz CT molecular complexity index is 3300. The molecule has 0 radical (unpaired) electrons. The number of para-hydroxylation sites is 2. The molecular formula is C51H36N2. The van der Waals surface area contributed by atoms with Crippen LogP contribution in [0.3, 0.4) is 0 Å². The monoisotopic (exact) mass is 684 g/mol. The number of benzene rings is 9. The number of hydrogen-bond donors (Lipinski definition) is 0. The SMILES string of the molecule is [2H]c1c([2H])c([2H])c2c(-c3ccc(-n4c(CC)nc5ccccc54)c4ccccc34)c3c([2H])c([2H])c([2H])c([2H])c3c(-c3cc(-c4ccccc4)cc(-c4ccccc4)c3)c2c1[2H]. The highest BCUT2D eigenvalue weighted by atomic mass is 15.1. The molecule has 9 aromatic carbocycles. The van der Waals surface area contributed by atoms with Gasteiger partial charge in [0.25, 0.3) is 0 Å². The second kappa shape index (κ2) is 12.8. The molecule has 1 heterocycles. The Morgan fingerprint density at radius 1 is 0.472 bits per heavy atom. The van der Waals surface area contributed by atoms with Crippen LogP contribution in [0.15, 0.2) is 188 Å². The number of fused-ring (bicyclic) bond motifs is 4. The van der Waals surface area contributed by atoms with Crippen LogP contribution < -0.4 is 0 Å². The highest BCUT2D eigenvalue weighted by Crippen LogP contribution is 2.47. The lowest BCUT2D eigenvalue weighted by Crippen LogP contribution is -2.01. The largest absolute Gasteiger partial charge is 0.296 e. The molecule has 0 fully saturated rings. The van der Waals surface area contributed by atoms with Crippen molar-refractivity contribution in [3.05, 3.63) is 194 Å². The van der Waals surface area contributed by atoms with Gasteiger partial charge in [-0.15, -0.1) is 0 Å². The Balaban J connectivity index is 1.41. The molecule has 0 spiro atoms. The summed E-state index contributed by atoms with van der Waals surface area (Å²) in [7, 11) is 0. The molecule has 2 heteroatoms. The molecule has 0 atom stereocenters. The van der Waals surface area contributed by atoms with Crippen molar-refractivity contribution in [1.82, 2.24) is 9.55 Å². The van der Waals surface area contributed by atoms with E-state index in [1.165, 1.54) is 0 Å². The highest BCUT2D eigenvalue weighted by Gasteiger charge is 2.21. The fourth-order valence-electron chi connectivity index (χ4n) is 7.83. The lowest BCUT2D eigenvalue weighted by Gasteiger charge is -2.21. The summed E-state index contributed by atoms with van der Waals surface area (Å²) in [4.78, 5) is 4.94. The van der Waals surface area contributed by atoms with E-state index in [-0.39, 0.29) is 45.7 Å². The summed E-state index contributed by atoms with van der Waals surface area (Å²) in [5.41, 5.74) is 7.91. The van der Waals surface area contributed by atoms with Crippen molar-refractivity contribution >= 4 is 43.4 Å². The van der Waals surface area contributed by atoms with Gasteiger partial charge in [0, 0.05) is 11.8 Å². The fraction of sp³-hybridized carbons (Fsp3) is 0.0392. The number of hydrogen-bond acceptors (Lipinski definition) is 1. The molecule has 0 aliphatic rings. The van der Waals surface area contributed by atoms with Gasteiger partial charge in [-0.2, -0.15) is 0 Å². The predicted molar refractivity (Wildman–Crippen MR) is 225 cm³/mol. The third-order valence-corrected chi connectivity index (χ3v) is 10.2. The van der Waals surface area contributed by atoms with Crippen LogP contribution >= 0.6 is 0 Å². The molecule has 0 aliphatic heterocycles. The first-order valence-corrected chi connectivity index (χ1v) is 17.8. The molecule has 0 amide bonds. The molecule has 0 N–H and O–H groups in total. The lowest BCUT2D eigenvalue weighted by molar-refractivity contribution is 0.913. The van der Waals surface area contributed by atoms with Gasteiger partial charge in [0.05, 0.1) is 27.7 Å². The first kappa shape index (κ1) is 23.7. The second-order valence-corrected chi connectivity index (χ2v) is 13.2. The summed E-state index contributed by atoms with van der Waals surface area (Å²) in [5.74, 6) is 0.871. The van der Waals surface area contributed by atoms with Gasteiger partial charge in [-0.05, 0) is 108 Å². The Morgan fingerprint density at radius 3 is 1.58 bits per heavy atom. The van der Waals surface area contributed by atoms with E-state index in [9.17, 15) is 5.48 Å². The summed E-state index contributed by atoms with van der Waals surface area (Å²) >= 11 is 0. The molecule has 0 aliphatic carbocycles. The van der Waals surface area contributed by atoms with Crippen molar-refractivity contribution in [3.63, 3.8) is 0 Å². The van der Waals surface area contributed by atoms with E-state index >= 15 is 0 Å². The maximum absolute atomic E-state index is 9.64. The molecule has 2 nitrogen and oxygen atoms in total. The smallest absolute Gasteiger partial charge is 0.114 e. The first-order chi connectivity index (χ1) is 29.6. The molecule has 10 aromatic rings. The van der Waals surface area contributed by atoms with Crippen molar-refractivity contribution in [3.8, 4) is 50.2 Å². The second-order valence-electron chi connectivity index (χ2n) is 13.2. The molecule has 10 rings (SSSR count). The zero-order chi connectivity index (χ0) is 42.3. The molecule has 1 aromatic heterocycles. The van der Waals surface area contributed by atoms with Crippen LogP contribution in [0.25, 0.3) is 93.5 Å². The standard InChI is InChI=1S/C51H36N2/c1-2-49-52-46-27-15-16-28-48(46)53(49)47-30-29-45(39-21-9-10-22-40(39)47)51-43-25-13-11-23-41(43)50(42-24-12-14-26-44(42)51)38-32-36(34-17-5-3-6-18-34)31-37(33-38)35-19-7-4-8-20-35/h3-33H,2H2,1H3/i11D,12D,13D,14D,23D,24D,25D,26D. The molecule has 0 saturated heterocycles. The minimum atomic E-state index is -0.439. The number of nitrogens with zero attached hydrogens (tertiary/aromatic N) is 2. The average molecular weight is 685 g/mol. The van der Waals surface area contributed by atoms with E-state index < -0.39 is 24.2 Å². The summed E-state index contributed by atoms with van der Waals surface area (Å²) < 4.78 is 76.8. The maximum Gasteiger partial charge on any atom is 0.114 e. The Morgan fingerprint density at radius 2 is 0.981 bits per heavy atom. The van der Waals surface area contributed by atoms with Gasteiger partial charge in [-0.25, -0.2) is 4.98 Å². The normalized spacial score (nSPS) is 13.7. The van der Waals surface area contributed by atoms with E-state index in [4.69, 9.17) is 10.5 Å². The summed E-state index contributed by atoms with van der Waals surface area (Å²) in [6.45, 7) is 2.06. The van der Waals surface area contributed by atoms with Gasteiger partial charge in [0.2, 0.25) is 0 Å². The minimum Gasteiger partial charge on any atom is -0.296 e. The van der Waals surface area contributed by atoms with Crippen molar-refractivity contribution < 1.29 is 11.0 Å². The average Bonchev–Trinajstić information content (AvgIpc) is 3.69. The Kier molecular flexibility index (Phi) is 5.70. The Hall–Kier alpha value is -6.77. The van der Waals surface area contributed by atoms with Crippen LogP contribution in [-0.4, -0.2) is 9.55 Å². The number of aromatic nitrogens is 2. The zero-order valence-electron chi connectivity index (χ0n) is 36.9. The fourth-order valence-corrected chi connectivity index (χ4v) is 7.83. The van der Waals surface area contributed by atoms with E-state index in [0.29, 0.717) is 28.7 Å². The number of aryl methyl sites for hydroxylation is 1. The molecule has 0 bridgehead atoms. The van der Waals surface area contributed by atoms with Gasteiger partial charge < -0.3 is 0 Å². The topological polar surface area (TPSA) is 17.8 Å². The Labute approximate surface area is 320 Å².